The maximum Gasteiger partial charge on any atom is 0.313 e. The molecular formula is C33H38O4. The first-order valence-corrected chi connectivity index (χ1v) is 13.4. The van der Waals surface area contributed by atoms with Gasteiger partial charge in [-0.05, 0) is 48.8 Å². The Hall–Kier alpha value is -3.40. The van der Waals surface area contributed by atoms with E-state index in [0.717, 1.165) is 29.5 Å². The summed E-state index contributed by atoms with van der Waals surface area (Å²) in [7, 11) is 0. The van der Waals surface area contributed by atoms with E-state index in [1.165, 1.54) is 0 Å². The van der Waals surface area contributed by atoms with E-state index in [4.69, 9.17) is 9.47 Å². The van der Waals surface area contributed by atoms with Crippen LogP contribution < -0.4 is 0 Å². The highest BCUT2D eigenvalue weighted by Crippen LogP contribution is 2.51. The maximum absolute atomic E-state index is 14.0. The summed E-state index contributed by atoms with van der Waals surface area (Å²) < 4.78 is 11.4. The third-order valence-corrected chi connectivity index (χ3v) is 8.10. The third kappa shape index (κ3) is 5.79. The zero-order valence-corrected chi connectivity index (χ0v) is 22.2. The van der Waals surface area contributed by atoms with Crippen LogP contribution in [0.25, 0.3) is 0 Å². The van der Waals surface area contributed by atoms with E-state index in [1.54, 1.807) is 0 Å². The molecule has 4 rings (SSSR count). The van der Waals surface area contributed by atoms with Crippen molar-refractivity contribution in [1.82, 2.24) is 0 Å². The van der Waals surface area contributed by atoms with Crippen molar-refractivity contribution in [3.05, 3.63) is 108 Å². The van der Waals surface area contributed by atoms with E-state index in [-0.39, 0.29) is 18.5 Å². The standard InChI is InChI=1S/C33H38O4/c1-4-25(2)22-33(27-16-10-6-11-17-27,28-18-12-7-13-19-28)24-32(3,29-20-21-36-30(29)34)31(35)37-23-26-14-8-5-9-15-26/h5-19,25,29H,4,20-24H2,1-3H3. The number of ether oxygens (including phenoxy) is 2. The number of carbonyl (C=O) groups excluding carboxylic acids is 2. The average molecular weight is 499 g/mol. The van der Waals surface area contributed by atoms with Gasteiger partial charge in [-0.15, -0.1) is 0 Å². The Bertz CT molecular complexity index is 1120. The van der Waals surface area contributed by atoms with Crippen molar-refractivity contribution < 1.29 is 19.1 Å². The van der Waals surface area contributed by atoms with Gasteiger partial charge in [-0.3, -0.25) is 9.59 Å². The fourth-order valence-electron chi connectivity index (χ4n) is 5.86. The molecule has 1 saturated heterocycles. The molecule has 1 fully saturated rings. The maximum atomic E-state index is 14.0. The minimum atomic E-state index is -1.07. The van der Waals surface area contributed by atoms with Gasteiger partial charge in [0.25, 0.3) is 0 Å². The highest BCUT2D eigenvalue weighted by Gasteiger charge is 2.54. The second-order valence-corrected chi connectivity index (χ2v) is 10.7. The number of esters is 2. The summed E-state index contributed by atoms with van der Waals surface area (Å²) in [5.74, 6) is -0.807. The van der Waals surface area contributed by atoms with Crippen LogP contribution in [0, 0.1) is 17.3 Å². The molecule has 194 valence electrons. The van der Waals surface area contributed by atoms with Crippen LogP contribution in [0.15, 0.2) is 91.0 Å². The number of rotatable bonds is 11. The molecule has 3 aromatic carbocycles. The van der Waals surface area contributed by atoms with Crippen molar-refractivity contribution >= 4 is 11.9 Å². The van der Waals surface area contributed by atoms with E-state index >= 15 is 0 Å². The van der Waals surface area contributed by atoms with Crippen LogP contribution in [-0.4, -0.2) is 18.5 Å². The molecule has 37 heavy (non-hydrogen) atoms. The number of hydrogen-bond donors (Lipinski definition) is 0. The van der Waals surface area contributed by atoms with Gasteiger partial charge < -0.3 is 9.47 Å². The van der Waals surface area contributed by atoms with E-state index < -0.39 is 16.7 Å². The second-order valence-electron chi connectivity index (χ2n) is 10.7. The van der Waals surface area contributed by atoms with Crippen LogP contribution in [-0.2, 0) is 31.1 Å². The van der Waals surface area contributed by atoms with Crippen LogP contribution in [0.1, 0.15) is 63.1 Å². The molecule has 0 N–H and O–H groups in total. The van der Waals surface area contributed by atoms with Gasteiger partial charge in [0.1, 0.15) is 6.61 Å². The van der Waals surface area contributed by atoms with Gasteiger partial charge in [0.05, 0.1) is 17.9 Å². The fraction of sp³-hybridized carbons (Fsp3) is 0.394. The van der Waals surface area contributed by atoms with Crippen LogP contribution in [0.3, 0.4) is 0 Å². The van der Waals surface area contributed by atoms with Gasteiger partial charge in [0.15, 0.2) is 0 Å². The van der Waals surface area contributed by atoms with Gasteiger partial charge >= 0.3 is 11.9 Å². The summed E-state index contributed by atoms with van der Waals surface area (Å²) >= 11 is 0. The topological polar surface area (TPSA) is 52.6 Å². The summed E-state index contributed by atoms with van der Waals surface area (Å²) in [6, 6.07) is 30.5. The molecule has 1 heterocycles. The zero-order valence-electron chi connectivity index (χ0n) is 22.2. The van der Waals surface area contributed by atoms with Gasteiger partial charge in [-0.2, -0.15) is 0 Å². The Balaban J connectivity index is 1.82. The molecule has 3 aromatic rings. The average Bonchev–Trinajstić information content (AvgIpc) is 3.39. The Morgan fingerprint density at radius 2 is 1.49 bits per heavy atom. The van der Waals surface area contributed by atoms with E-state index in [2.05, 4.69) is 62.4 Å². The molecule has 1 aliphatic rings. The molecule has 0 aliphatic carbocycles. The van der Waals surface area contributed by atoms with E-state index in [9.17, 15) is 9.59 Å². The largest absolute Gasteiger partial charge is 0.465 e. The van der Waals surface area contributed by atoms with Gasteiger partial charge in [-0.1, -0.05) is 111 Å². The van der Waals surface area contributed by atoms with Crippen LogP contribution in [0.4, 0.5) is 0 Å². The molecule has 3 unspecified atom stereocenters. The van der Waals surface area contributed by atoms with Crippen molar-refractivity contribution in [1.29, 1.82) is 0 Å². The first kappa shape index (κ1) is 26.7. The molecule has 0 spiro atoms. The predicted molar refractivity (Wildman–Crippen MR) is 146 cm³/mol. The molecule has 0 radical (unpaired) electrons. The van der Waals surface area contributed by atoms with Crippen molar-refractivity contribution in [2.45, 2.75) is 58.5 Å². The Kier molecular flexibility index (Phi) is 8.48. The fourth-order valence-corrected chi connectivity index (χ4v) is 5.86. The molecule has 0 bridgehead atoms. The van der Waals surface area contributed by atoms with Crippen molar-refractivity contribution in [2.75, 3.05) is 6.61 Å². The monoisotopic (exact) mass is 498 g/mol. The lowest BCUT2D eigenvalue weighted by Gasteiger charge is -2.44. The highest BCUT2D eigenvalue weighted by atomic mass is 16.5. The molecule has 0 amide bonds. The molecule has 4 heteroatoms. The molecule has 0 saturated carbocycles. The smallest absolute Gasteiger partial charge is 0.313 e. The van der Waals surface area contributed by atoms with E-state index in [0.29, 0.717) is 25.4 Å². The minimum Gasteiger partial charge on any atom is -0.465 e. The van der Waals surface area contributed by atoms with Gasteiger partial charge in [-0.25, -0.2) is 0 Å². The molecule has 3 atom stereocenters. The lowest BCUT2D eigenvalue weighted by atomic mass is 9.58. The number of cyclic esters (lactones) is 1. The Morgan fingerprint density at radius 3 is 1.97 bits per heavy atom. The van der Waals surface area contributed by atoms with Crippen molar-refractivity contribution in [2.24, 2.45) is 17.3 Å². The van der Waals surface area contributed by atoms with Crippen LogP contribution >= 0.6 is 0 Å². The number of carbonyl (C=O) groups is 2. The summed E-state index contributed by atoms with van der Waals surface area (Å²) in [6.07, 6.45) is 2.83. The highest BCUT2D eigenvalue weighted by molar-refractivity contribution is 5.86. The van der Waals surface area contributed by atoms with Crippen molar-refractivity contribution in [3.8, 4) is 0 Å². The summed E-state index contributed by atoms with van der Waals surface area (Å²) in [5, 5.41) is 0. The normalized spacial score (nSPS) is 18.0. The molecule has 4 nitrogen and oxygen atoms in total. The first-order chi connectivity index (χ1) is 17.9. The van der Waals surface area contributed by atoms with Crippen LogP contribution in [0.5, 0.6) is 0 Å². The van der Waals surface area contributed by atoms with Crippen molar-refractivity contribution in [3.63, 3.8) is 0 Å². The van der Waals surface area contributed by atoms with Crippen LogP contribution in [0.2, 0.25) is 0 Å². The molecule has 1 aliphatic heterocycles. The van der Waals surface area contributed by atoms with Gasteiger partial charge in [0.2, 0.25) is 0 Å². The Labute approximate surface area is 221 Å². The molecule has 0 aromatic heterocycles. The summed E-state index contributed by atoms with van der Waals surface area (Å²) in [6.45, 7) is 6.88. The number of hydrogen-bond acceptors (Lipinski definition) is 4. The quantitative estimate of drug-likeness (QED) is 0.264. The summed E-state index contributed by atoms with van der Waals surface area (Å²) in [4.78, 5) is 27.0. The lowest BCUT2D eigenvalue weighted by molar-refractivity contribution is -0.166. The molecular weight excluding hydrogens is 460 g/mol. The zero-order chi connectivity index (χ0) is 26.3. The number of benzene rings is 3. The van der Waals surface area contributed by atoms with E-state index in [1.807, 2.05) is 49.4 Å². The lowest BCUT2D eigenvalue weighted by Crippen LogP contribution is -2.46. The second kappa shape index (κ2) is 11.8. The van der Waals surface area contributed by atoms with Gasteiger partial charge in [0, 0.05) is 5.41 Å². The Morgan fingerprint density at radius 1 is 0.946 bits per heavy atom. The SMILES string of the molecule is CCC(C)CC(CC(C)(C(=O)OCc1ccccc1)C1CCOC1=O)(c1ccccc1)c1ccccc1. The summed E-state index contributed by atoms with van der Waals surface area (Å²) in [5.41, 5.74) is 1.66. The minimum absolute atomic E-state index is 0.173. The predicted octanol–water partition coefficient (Wildman–Crippen LogP) is 7.11. The third-order valence-electron chi connectivity index (χ3n) is 8.10. The first-order valence-electron chi connectivity index (χ1n) is 13.4.